The summed E-state index contributed by atoms with van der Waals surface area (Å²) in [6.45, 7) is -1.26. The van der Waals surface area contributed by atoms with Crippen molar-refractivity contribution in [1.82, 2.24) is 9.88 Å². The van der Waals surface area contributed by atoms with Crippen LogP contribution in [0.2, 0.25) is 0 Å². The van der Waals surface area contributed by atoms with E-state index < -0.39 is 18.6 Å². The van der Waals surface area contributed by atoms with E-state index in [1.807, 2.05) is 0 Å². The fraction of sp³-hybridized carbons (Fsp3) is 0.400. The molecule has 1 rings (SSSR count). The first-order chi connectivity index (χ1) is 7.94. The van der Waals surface area contributed by atoms with E-state index in [9.17, 15) is 18.0 Å². The largest absolute Gasteiger partial charge is 0.406 e. The molecule has 0 spiro atoms. The molecular weight excluding hydrogens is 301 g/mol. The van der Waals surface area contributed by atoms with E-state index in [2.05, 4.69) is 20.9 Å². The third-order valence-electron chi connectivity index (χ3n) is 1.92. The number of amides is 1. The quantitative estimate of drug-likeness (QED) is 0.801. The maximum Gasteiger partial charge on any atom is 0.406 e. The molecule has 1 aromatic rings. The Kier molecular flexibility index (Phi) is 4.92. The summed E-state index contributed by atoms with van der Waals surface area (Å²) in [6, 6.07) is 2.94. The summed E-state index contributed by atoms with van der Waals surface area (Å²) in [5, 5.41) is 0.287. The molecule has 0 aliphatic heterocycles. The van der Waals surface area contributed by atoms with Crippen molar-refractivity contribution in [2.75, 3.05) is 18.4 Å². The summed E-state index contributed by atoms with van der Waals surface area (Å²) < 4.78 is 36.8. The van der Waals surface area contributed by atoms with Crippen LogP contribution in [-0.4, -0.2) is 40.4 Å². The minimum Gasteiger partial charge on any atom is -0.329 e. The van der Waals surface area contributed by atoms with Crippen LogP contribution in [0.15, 0.2) is 24.5 Å². The van der Waals surface area contributed by atoms with Gasteiger partial charge in [0.1, 0.15) is 6.54 Å². The lowest BCUT2D eigenvalue weighted by atomic mass is 10.2. The summed E-state index contributed by atoms with van der Waals surface area (Å²) >= 11 is 3.02. The van der Waals surface area contributed by atoms with E-state index in [0.29, 0.717) is 0 Å². The number of carbonyl (C=O) groups excluding carboxylic acids is 1. The summed E-state index contributed by atoms with van der Waals surface area (Å²) in [5.74, 6) is -0.671. The van der Waals surface area contributed by atoms with Gasteiger partial charge >= 0.3 is 6.18 Å². The second kappa shape index (κ2) is 6.00. The zero-order valence-corrected chi connectivity index (χ0v) is 10.3. The standard InChI is InChI=1S/C10H10BrF3N2O/c11-3-5-16(7-10(12,13)14)9(17)8-2-1-4-15-6-8/h1-2,4,6H,3,5,7H2. The van der Waals surface area contributed by atoms with Crippen LogP contribution in [0.5, 0.6) is 0 Å². The third kappa shape index (κ3) is 4.72. The number of aromatic nitrogens is 1. The Labute approximate surface area is 105 Å². The van der Waals surface area contributed by atoms with Crippen molar-refractivity contribution in [2.45, 2.75) is 6.18 Å². The maximum absolute atomic E-state index is 12.3. The van der Waals surface area contributed by atoms with Gasteiger partial charge in [0.05, 0.1) is 5.56 Å². The van der Waals surface area contributed by atoms with E-state index in [0.717, 1.165) is 4.90 Å². The number of nitrogens with zero attached hydrogens (tertiary/aromatic N) is 2. The highest BCUT2D eigenvalue weighted by molar-refractivity contribution is 9.09. The van der Waals surface area contributed by atoms with Crippen LogP contribution in [0.4, 0.5) is 13.2 Å². The second-order valence-electron chi connectivity index (χ2n) is 3.27. The molecule has 0 aliphatic carbocycles. The molecule has 0 aliphatic rings. The first-order valence-corrected chi connectivity index (χ1v) is 5.88. The number of hydrogen-bond acceptors (Lipinski definition) is 2. The first kappa shape index (κ1) is 14.0. The zero-order valence-electron chi connectivity index (χ0n) is 8.75. The van der Waals surface area contributed by atoms with E-state index in [4.69, 9.17) is 0 Å². The molecule has 3 nitrogen and oxygen atoms in total. The van der Waals surface area contributed by atoms with Gasteiger partial charge in [0.15, 0.2) is 0 Å². The van der Waals surface area contributed by atoms with Crippen molar-refractivity contribution < 1.29 is 18.0 Å². The fourth-order valence-electron chi connectivity index (χ4n) is 1.24. The highest BCUT2D eigenvalue weighted by Gasteiger charge is 2.33. The normalized spacial score (nSPS) is 11.3. The number of alkyl halides is 4. The van der Waals surface area contributed by atoms with Crippen molar-refractivity contribution in [3.8, 4) is 0 Å². The van der Waals surface area contributed by atoms with Crippen molar-refractivity contribution in [3.05, 3.63) is 30.1 Å². The molecule has 0 aromatic carbocycles. The van der Waals surface area contributed by atoms with Gasteiger partial charge in [-0.1, -0.05) is 15.9 Å². The Balaban J connectivity index is 2.81. The van der Waals surface area contributed by atoms with Crippen LogP contribution in [0.25, 0.3) is 0 Å². The molecule has 0 N–H and O–H groups in total. The topological polar surface area (TPSA) is 33.2 Å². The van der Waals surface area contributed by atoms with Crippen LogP contribution in [0.3, 0.4) is 0 Å². The molecule has 7 heteroatoms. The smallest absolute Gasteiger partial charge is 0.329 e. The Hall–Kier alpha value is -1.11. The molecule has 94 valence electrons. The molecule has 0 unspecified atom stereocenters. The molecule has 0 saturated carbocycles. The molecule has 0 radical (unpaired) electrons. The molecule has 0 saturated heterocycles. The van der Waals surface area contributed by atoms with E-state index >= 15 is 0 Å². The van der Waals surface area contributed by atoms with Gasteiger partial charge in [0, 0.05) is 24.3 Å². The van der Waals surface area contributed by atoms with Crippen LogP contribution >= 0.6 is 15.9 Å². The molecule has 0 bridgehead atoms. The summed E-state index contributed by atoms with van der Waals surface area (Å²) in [4.78, 5) is 16.2. The van der Waals surface area contributed by atoms with Gasteiger partial charge in [-0.05, 0) is 12.1 Å². The maximum atomic E-state index is 12.3. The second-order valence-corrected chi connectivity index (χ2v) is 4.07. The number of hydrogen-bond donors (Lipinski definition) is 0. The Bertz CT molecular complexity index is 370. The van der Waals surface area contributed by atoms with Crippen LogP contribution in [0.1, 0.15) is 10.4 Å². The number of rotatable bonds is 4. The summed E-state index contributed by atoms with van der Waals surface area (Å²) in [5.41, 5.74) is 0.151. The third-order valence-corrected chi connectivity index (χ3v) is 2.27. The van der Waals surface area contributed by atoms with Crippen LogP contribution in [0, 0.1) is 0 Å². The monoisotopic (exact) mass is 310 g/mol. The van der Waals surface area contributed by atoms with Gasteiger partial charge in [-0.3, -0.25) is 9.78 Å². The number of halogens is 4. The highest BCUT2D eigenvalue weighted by Crippen LogP contribution is 2.18. The number of pyridine rings is 1. The van der Waals surface area contributed by atoms with E-state index in [1.165, 1.54) is 24.5 Å². The Morgan fingerprint density at radius 3 is 2.65 bits per heavy atom. The molecule has 0 atom stereocenters. The number of carbonyl (C=O) groups is 1. The molecule has 1 heterocycles. The Morgan fingerprint density at radius 1 is 1.47 bits per heavy atom. The van der Waals surface area contributed by atoms with Gasteiger partial charge in [0.2, 0.25) is 0 Å². The minimum atomic E-state index is -4.40. The van der Waals surface area contributed by atoms with Gasteiger partial charge < -0.3 is 4.90 Å². The van der Waals surface area contributed by atoms with E-state index in [-0.39, 0.29) is 17.4 Å². The van der Waals surface area contributed by atoms with Crippen molar-refractivity contribution in [2.24, 2.45) is 0 Å². The lowest BCUT2D eigenvalue weighted by Crippen LogP contribution is -2.40. The van der Waals surface area contributed by atoms with Gasteiger partial charge in [-0.25, -0.2) is 0 Å². The predicted octanol–water partition coefficient (Wildman–Crippen LogP) is 2.48. The molecular formula is C10H10BrF3N2O. The highest BCUT2D eigenvalue weighted by atomic mass is 79.9. The van der Waals surface area contributed by atoms with Crippen molar-refractivity contribution in [1.29, 1.82) is 0 Å². The van der Waals surface area contributed by atoms with Crippen LogP contribution in [-0.2, 0) is 0 Å². The van der Waals surface area contributed by atoms with Gasteiger partial charge in [-0.2, -0.15) is 13.2 Å². The molecule has 1 aromatic heterocycles. The molecule has 1 amide bonds. The minimum absolute atomic E-state index is 0.00671. The first-order valence-electron chi connectivity index (χ1n) is 4.76. The average Bonchev–Trinajstić information content (AvgIpc) is 2.27. The summed E-state index contributed by atoms with van der Waals surface area (Å²) in [7, 11) is 0. The zero-order chi connectivity index (χ0) is 12.9. The predicted molar refractivity (Wildman–Crippen MR) is 60.0 cm³/mol. The lowest BCUT2D eigenvalue weighted by Gasteiger charge is -2.22. The van der Waals surface area contributed by atoms with Crippen molar-refractivity contribution in [3.63, 3.8) is 0 Å². The van der Waals surface area contributed by atoms with Gasteiger partial charge in [0.25, 0.3) is 5.91 Å². The fourth-order valence-corrected chi connectivity index (χ4v) is 1.67. The average molecular weight is 311 g/mol. The van der Waals surface area contributed by atoms with Crippen LogP contribution < -0.4 is 0 Å². The lowest BCUT2D eigenvalue weighted by molar-refractivity contribution is -0.140. The molecule has 17 heavy (non-hydrogen) atoms. The molecule has 0 fully saturated rings. The van der Waals surface area contributed by atoms with E-state index in [1.54, 1.807) is 0 Å². The van der Waals surface area contributed by atoms with Gasteiger partial charge in [-0.15, -0.1) is 0 Å². The summed E-state index contributed by atoms with van der Waals surface area (Å²) in [6.07, 6.45) is -1.70. The Morgan fingerprint density at radius 2 is 2.18 bits per heavy atom. The van der Waals surface area contributed by atoms with Crippen molar-refractivity contribution >= 4 is 21.8 Å². The SMILES string of the molecule is O=C(c1cccnc1)N(CCBr)CC(F)(F)F.